The van der Waals surface area contributed by atoms with E-state index in [-0.39, 0.29) is 0 Å². The van der Waals surface area contributed by atoms with Gasteiger partial charge in [0.05, 0.1) is 6.10 Å². The van der Waals surface area contributed by atoms with Gasteiger partial charge in [0.25, 0.3) is 0 Å². The summed E-state index contributed by atoms with van der Waals surface area (Å²) < 4.78 is 5.69. The Balaban J connectivity index is 1.80. The number of ether oxygens (including phenoxy) is 1. The maximum Gasteiger partial charge on any atom is 0.0580 e. The van der Waals surface area contributed by atoms with Crippen molar-refractivity contribution < 1.29 is 4.74 Å². The molecule has 1 saturated carbocycles. The third-order valence-electron chi connectivity index (χ3n) is 4.41. The van der Waals surface area contributed by atoms with Crippen molar-refractivity contribution in [3.05, 3.63) is 21.9 Å². The first-order valence-electron chi connectivity index (χ1n) is 8.67. The van der Waals surface area contributed by atoms with Crippen LogP contribution in [0.4, 0.5) is 0 Å². The molecule has 3 heteroatoms. The molecule has 0 saturated heterocycles. The van der Waals surface area contributed by atoms with E-state index in [1.165, 1.54) is 37.0 Å². The Labute approximate surface area is 134 Å². The Hall–Kier alpha value is -0.380. The summed E-state index contributed by atoms with van der Waals surface area (Å²) in [5.74, 6) is 0.863. The zero-order valence-electron chi connectivity index (χ0n) is 13.9. The molecule has 1 heterocycles. The summed E-state index contributed by atoms with van der Waals surface area (Å²) in [6.07, 6.45) is 7.96. The molecule has 0 amide bonds. The minimum atomic E-state index is 0.542. The topological polar surface area (TPSA) is 21.3 Å². The van der Waals surface area contributed by atoms with Crippen molar-refractivity contribution in [1.29, 1.82) is 0 Å². The third kappa shape index (κ3) is 5.39. The van der Waals surface area contributed by atoms with Crippen LogP contribution in [0.1, 0.15) is 56.2 Å². The highest BCUT2D eigenvalue weighted by Crippen LogP contribution is 2.34. The van der Waals surface area contributed by atoms with E-state index in [1.54, 1.807) is 4.88 Å². The number of thiophene rings is 1. The molecule has 1 N–H and O–H groups in total. The van der Waals surface area contributed by atoms with Gasteiger partial charge in [-0.05, 0) is 70.0 Å². The average Bonchev–Trinajstić information content (AvgIpc) is 2.90. The molecule has 120 valence electrons. The fourth-order valence-electron chi connectivity index (χ4n) is 3.19. The van der Waals surface area contributed by atoms with Gasteiger partial charge in [-0.15, -0.1) is 11.3 Å². The minimum Gasteiger partial charge on any atom is -0.378 e. The molecule has 21 heavy (non-hydrogen) atoms. The van der Waals surface area contributed by atoms with Gasteiger partial charge in [-0.25, -0.2) is 0 Å². The van der Waals surface area contributed by atoms with Gasteiger partial charge < -0.3 is 10.1 Å². The first-order valence-corrected chi connectivity index (χ1v) is 9.49. The van der Waals surface area contributed by atoms with Crippen molar-refractivity contribution in [2.24, 2.45) is 5.92 Å². The lowest BCUT2D eigenvalue weighted by Crippen LogP contribution is -2.39. The summed E-state index contributed by atoms with van der Waals surface area (Å²) in [7, 11) is 0. The number of hydrogen-bond donors (Lipinski definition) is 1. The second-order valence-corrected chi connectivity index (χ2v) is 7.48. The van der Waals surface area contributed by atoms with Crippen molar-refractivity contribution >= 4 is 11.3 Å². The van der Waals surface area contributed by atoms with Gasteiger partial charge in [0, 0.05) is 22.4 Å². The quantitative estimate of drug-likeness (QED) is 0.690. The largest absolute Gasteiger partial charge is 0.378 e. The monoisotopic (exact) mass is 309 g/mol. The van der Waals surface area contributed by atoms with Crippen LogP contribution in [0.5, 0.6) is 0 Å². The van der Waals surface area contributed by atoms with Gasteiger partial charge in [0.15, 0.2) is 0 Å². The summed E-state index contributed by atoms with van der Waals surface area (Å²) in [5, 5.41) is 3.76. The Morgan fingerprint density at radius 2 is 2.00 bits per heavy atom. The van der Waals surface area contributed by atoms with Gasteiger partial charge in [0.2, 0.25) is 0 Å². The first kappa shape index (κ1) is 17.0. The van der Waals surface area contributed by atoms with Crippen molar-refractivity contribution in [2.75, 3.05) is 13.2 Å². The standard InChI is InChI=1S/C18H31NOS/c1-4-9-19-15(10-14-11-16(12-14)20-6-3)13-18-8-7-17(5-2)21-18/h7-8,14-16,19H,4-6,9-13H2,1-3H3. The Bertz CT molecular complexity index is 398. The molecule has 2 rings (SSSR count). The van der Waals surface area contributed by atoms with Crippen molar-refractivity contribution in [3.8, 4) is 0 Å². The fraction of sp³-hybridized carbons (Fsp3) is 0.778. The molecule has 1 aliphatic carbocycles. The lowest BCUT2D eigenvalue weighted by atomic mass is 9.77. The summed E-state index contributed by atoms with van der Waals surface area (Å²) >= 11 is 1.99. The average molecular weight is 310 g/mol. The number of hydrogen-bond acceptors (Lipinski definition) is 3. The predicted octanol–water partition coefficient (Wildman–Crippen LogP) is 4.43. The molecule has 1 unspecified atom stereocenters. The molecular weight excluding hydrogens is 278 g/mol. The van der Waals surface area contributed by atoms with Gasteiger partial charge >= 0.3 is 0 Å². The second-order valence-electron chi connectivity index (χ2n) is 6.23. The molecule has 1 atom stereocenters. The predicted molar refractivity (Wildman–Crippen MR) is 92.2 cm³/mol. The van der Waals surface area contributed by atoms with E-state index in [1.807, 2.05) is 11.3 Å². The molecule has 0 bridgehead atoms. The molecular formula is C18H31NOS. The Morgan fingerprint density at radius 3 is 2.62 bits per heavy atom. The van der Waals surface area contributed by atoms with Crippen LogP contribution >= 0.6 is 11.3 Å². The molecule has 1 aromatic heterocycles. The molecule has 1 aliphatic rings. The maximum absolute atomic E-state index is 5.69. The van der Waals surface area contributed by atoms with E-state index in [9.17, 15) is 0 Å². The highest BCUT2D eigenvalue weighted by Gasteiger charge is 2.31. The highest BCUT2D eigenvalue weighted by molar-refractivity contribution is 7.11. The van der Waals surface area contributed by atoms with Crippen LogP contribution in [0.2, 0.25) is 0 Å². The van der Waals surface area contributed by atoms with Gasteiger partial charge in [0.1, 0.15) is 0 Å². The van der Waals surface area contributed by atoms with Crippen LogP contribution < -0.4 is 5.32 Å². The normalized spacial score (nSPS) is 23.0. The van der Waals surface area contributed by atoms with Crippen molar-refractivity contribution in [2.45, 2.75) is 71.4 Å². The van der Waals surface area contributed by atoms with Gasteiger partial charge in [-0.2, -0.15) is 0 Å². The van der Waals surface area contributed by atoms with Crippen LogP contribution in [-0.4, -0.2) is 25.3 Å². The number of nitrogens with one attached hydrogen (secondary N) is 1. The molecule has 1 fully saturated rings. The maximum atomic E-state index is 5.69. The van der Waals surface area contributed by atoms with E-state index >= 15 is 0 Å². The van der Waals surface area contributed by atoms with Crippen LogP contribution in [0.15, 0.2) is 12.1 Å². The zero-order valence-corrected chi connectivity index (χ0v) is 14.7. The van der Waals surface area contributed by atoms with E-state index in [4.69, 9.17) is 4.74 Å². The van der Waals surface area contributed by atoms with E-state index in [2.05, 4.69) is 38.2 Å². The number of rotatable bonds is 10. The van der Waals surface area contributed by atoms with E-state index < -0.39 is 0 Å². The molecule has 0 radical (unpaired) electrons. The first-order chi connectivity index (χ1) is 10.2. The molecule has 1 aromatic rings. The third-order valence-corrected chi connectivity index (χ3v) is 5.66. The number of aryl methyl sites for hydroxylation is 1. The Morgan fingerprint density at radius 1 is 1.24 bits per heavy atom. The smallest absolute Gasteiger partial charge is 0.0580 e. The minimum absolute atomic E-state index is 0.542. The lowest BCUT2D eigenvalue weighted by Gasteiger charge is -2.37. The van der Waals surface area contributed by atoms with E-state index in [0.717, 1.165) is 25.5 Å². The van der Waals surface area contributed by atoms with Gasteiger partial charge in [-0.3, -0.25) is 0 Å². The van der Waals surface area contributed by atoms with Crippen LogP contribution in [0, 0.1) is 5.92 Å². The zero-order chi connectivity index (χ0) is 15.1. The van der Waals surface area contributed by atoms with Crippen LogP contribution in [-0.2, 0) is 17.6 Å². The van der Waals surface area contributed by atoms with Gasteiger partial charge in [-0.1, -0.05) is 13.8 Å². The van der Waals surface area contributed by atoms with Crippen molar-refractivity contribution in [3.63, 3.8) is 0 Å². The highest BCUT2D eigenvalue weighted by atomic mass is 32.1. The van der Waals surface area contributed by atoms with Crippen LogP contribution in [0.3, 0.4) is 0 Å². The molecule has 0 aromatic carbocycles. The summed E-state index contributed by atoms with van der Waals surface area (Å²) in [5.41, 5.74) is 0. The summed E-state index contributed by atoms with van der Waals surface area (Å²) in [6, 6.07) is 5.26. The molecule has 0 aliphatic heterocycles. The van der Waals surface area contributed by atoms with Crippen LogP contribution in [0.25, 0.3) is 0 Å². The fourth-order valence-corrected chi connectivity index (χ4v) is 4.23. The summed E-state index contributed by atoms with van der Waals surface area (Å²) in [4.78, 5) is 3.06. The summed E-state index contributed by atoms with van der Waals surface area (Å²) in [6.45, 7) is 8.59. The second kappa shape index (κ2) is 8.92. The Kier molecular flexibility index (Phi) is 7.21. The SMILES string of the molecule is CCCNC(Cc1ccc(CC)s1)CC1CC(OCC)C1. The lowest BCUT2D eigenvalue weighted by molar-refractivity contribution is -0.0289. The molecule has 2 nitrogen and oxygen atoms in total. The molecule has 0 spiro atoms. The van der Waals surface area contributed by atoms with Crippen molar-refractivity contribution in [1.82, 2.24) is 5.32 Å². The van der Waals surface area contributed by atoms with E-state index in [0.29, 0.717) is 12.1 Å².